The number of rotatable bonds is 1. The maximum atomic E-state index is 12.1. The van der Waals surface area contributed by atoms with E-state index in [4.69, 9.17) is 9.47 Å². The van der Waals surface area contributed by atoms with Gasteiger partial charge < -0.3 is 14.8 Å². The van der Waals surface area contributed by atoms with Crippen molar-refractivity contribution in [3.8, 4) is 11.5 Å². The molecule has 2 aromatic rings. The fourth-order valence-corrected chi connectivity index (χ4v) is 2.20. The highest BCUT2D eigenvalue weighted by atomic mass is 16.7. The predicted molar refractivity (Wildman–Crippen MR) is 86.7 cm³/mol. The molecule has 0 fully saturated rings. The topological polar surface area (TPSA) is 64.6 Å². The summed E-state index contributed by atoms with van der Waals surface area (Å²) in [6, 6.07) is 12.1. The van der Waals surface area contributed by atoms with Crippen LogP contribution in [0, 0.1) is 0 Å². The fraction of sp³-hybridized carbons (Fsp3) is 0.111. The summed E-state index contributed by atoms with van der Waals surface area (Å²) in [5, 5.41) is 2.70. The number of hydrogen-bond acceptors (Lipinski definition) is 4. The van der Waals surface area contributed by atoms with Crippen molar-refractivity contribution in [3.05, 3.63) is 59.7 Å². The first kappa shape index (κ1) is 14.8. The monoisotopic (exact) mass is 309 g/mol. The maximum Gasteiger partial charge on any atom is 0.230 e. The molecule has 0 spiro atoms. The third kappa shape index (κ3) is 3.58. The highest BCUT2D eigenvalue weighted by molar-refractivity contribution is 6.06. The van der Waals surface area contributed by atoms with Gasteiger partial charge in [-0.1, -0.05) is 12.1 Å². The number of carbonyl (C=O) groups is 2. The van der Waals surface area contributed by atoms with E-state index >= 15 is 0 Å². The zero-order chi connectivity index (χ0) is 16.2. The molecule has 116 valence electrons. The standard InChI is InChI=1S/C18H15NO4/c1-12(20)19-16-8-2-13-3-9-17(21)14-4-6-15(7-5-14)22-11-23-18(16)10-13/h2-10H,11H2,1H3,(H,19,20). The van der Waals surface area contributed by atoms with E-state index in [2.05, 4.69) is 5.32 Å². The first-order chi connectivity index (χ1) is 11.1. The number of anilines is 1. The van der Waals surface area contributed by atoms with Gasteiger partial charge in [-0.25, -0.2) is 0 Å². The minimum atomic E-state index is -0.192. The largest absolute Gasteiger partial charge is 0.457 e. The number of fused-ring (bicyclic) bond motifs is 5. The summed E-state index contributed by atoms with van der Waals surface area (Å²) in [5.74, 6) is 0.790. The van der Waals surface area contributed by atoms with E-state index in [1.807, 2.05) is 0 Å². The summed E-state index contributed by atoms with van der Waals surface area (Å²) in [5.41, 5.74) is 1.93. The number of allylic oxidation sites excluding steroid dienone is 1. The molecule has 2 aliphatic rings. The second kappa shape index (κ2) is 6.36. The van der Waals surface area contributed by atoms with E-state index in [1.54, 1.807) is 48.5 Å². The van der Waals surface area contributed by atoms with Gasteiger partial charge in [-0.3, -0.25) is 9.59 Å². The van der Waals surface area contributed by atoms with E-state index in [-0.39, 0.29) is 18.5 Å². The Morgan fingerprint density at radius 1 is 1.04 bits per heavy atom. The van der Waals surface area contributed by atoms with E-state index in [0.29, 0.717) is 22.7 Å². The lowest BCUT2D eigenvalue weighted by atomic mass is 10.1. The molecule has 4 bridgehead atoms. The molecule has 4 rings (SSSR count). The van der Waals surface area contributed by atoms with E-state index in [9.17, 15) is 9.59 Å². The number of benzene rings is 2. The molecule has 5 nitrogen and oxygen atoms in total. The number of hydrogen-bond donors (Lipinski definition) is 1. The Labute approximate surface area is 133 Å². The molecular formula is C18H15NO4. The lowest BCUT2D eigenvalue weighted by Crippen LogP contribution is -2.11. The second-order valence-corrected chi connectivity index (χ2v) is 5.07. The minimum Gasteiger partial charge on any atom is -0.457 e. The Morgan fingerprint density at radius 2 is 1.83 bits per heavy atom. The van der Waals surface area contributed by atoms with Crippen LogP contribution < -0.4 is 14.8 Å². The molecule has 0 atom stereocenters. The molecule has 2 heterocycles. The van der Waals surface area contributed by atoms with Crippen molar-refractivity contribution in [2.24, 2.45) is 0 Å². The van der Waals surface area contributed by atoms with Crippen LogP contribution in [0.5, 0.6) is 11.5 Å². The van der Waals surface area contributed by atoms with Gasteiger partial charge in [0.2, 0.25) is 12.7 Å². The quantitative estimate of drug-likeness (QED) is 0.878. The molecule has 5 heteroatoms. The van der Waals surface area contributed by atoms with Crippen LogP contribution >= 0.6 is 0 Å². The van der Waals surface area contributed by atoms with Gasteiger partial charge in [0.25, 0.3) is 0 Å². The van der Waals surface area contributed by atoms with Crippen molar-refractivity contribution in [1.82, 2.24) is 0 Å². The van der Waals surface area contributed by atoms with Gasteiger partial charge in [0, 0.05) is 12.5 Å². The summed E-state index contributed by atoms with van der Waals surface area (Å²) in [6.07, 6.45) is 3.21. The maximum absolute atomic E-state index is 12.1. The Morgan fingerprint density at radius 3 is 2.57 bits per heavy atom. The molecule has 2 aliphatic heterocycles. The highest BCUT2D eigenvalue weighted by Crippen LogP contribution is 2.27. The third-order valence-electron chi connectivity index (χ3n) is 3.32. The average Bonchev–Trinajstić information content (AvgIpc) is 2.55. The van der Waals surface area contributed by atoms with E-state index in [1.165, 1.54) is 13.0 Å². The van der Waals surface area contributed by atoms with Gasteiger partial charge in [-0.15, -0.1) is 0 Å². The van der Waals surface area contributed by atoms with Gasteiger partial charge in [0.15, 0.2) is 5.78 Å². The summed E-state index contributed by atoms with van der Waals surface area (Å²) < 4.78 is 11.1. The Hall–Kier alpha value is -3.08. The van der Waals surface area contributed by atoms with Gasteiger partial charge in [-0.05, 0) is 48.0 Å². The first-order valence-corrected chi connectivity index (χ1v) is 7.11. The average molecular weight is 309 g/mol. The zero-order valence-electron chi connectivity index (χ0n) is 12.5. The Kier molecular flexibility index (Phi) is 4.10. The zero-order valence-corrected chi connectivity index (χ0v) is 12.5. The lowest BCUT2D eigenvalue weighted by Gasteiger charge is -2.13. The molecule has 1 N–H and O–H groups in total. The molecule has 1 amide bonds. The van der Waals surface area contributed by atoms with Crippen LogP contribution in [0.15, 0.2) is 48.5 Å². The number of ketones is 1. The Bertz CT molecular complexity index is 778. The summed E-state index contributed by atoms with van der Waals surface area (Å²) in [4.78, 5) is 23.4. The SMILES string of the molecule is CC(=O)Nc1ccc2cc1OCOc1ccc(cc1)C(=O)C=C2. The van der Waals surface area contributed by atoms with Crippen LogP contribution in [0.1, 0.15) is 22.8 Å². The summed E-state index contributed by atoms with van der Waals surface area (Å²) >= 11 is 0. The molecule has 0 aliphatic carbocycles. The smallest absolute Gasteiger partial charge is 0.230 e. The third-order valence-corrected chi connectivity index (χ3v) is 3.32. The molecule has 0 aromatic heterocycles. The number of ether oxygens (including phenoxy) is 2. The van der Waals surface area contributed by atoms with Gasteiger partial charge in [0.1, 0.15) is 11.5 Å². The summed E-state index contributed by atoms with van der Waals surface area (Å²) in [7, 11) is 0. The van der Waals surface area contributed by atoms with Gasteiger partial charge >= 0.3 is 0 Å². The van der Waals surface area contributed by atoms with Crippen molar-refractivity contribution < 1.29 is 19.1 Å². The number of nitrogens with one attached hydrogen (secondary N) is 1. The summed E-state index contributed by atoms with van der Waals surface area (Å²) in [6.45, 7) is 1.42. The first-order valence-electron chi connectivity index (χ1n) is 7.11. The molecule has 0 unspecified atom stereocenters. The highest BCUT2D eigenvalue weighted by Gasteiger charge is 2.09. The van der Waals surface area contributed by atoms with Crippen LogP contribution in [0.3, 0.4) is 0 Å². The van der Waals surface area contributed by atoms with Crippen molar-refractivity contribution in [2.45, 2.75) is 6.92 Å². The van der Waals surface area contributed by atoms with Gasteiger partial charge in [-0.2, -0.15) is 0 Å². The van der Waals surface area contributed by atoms with Crippen molar-refractivity contribution >= 4 is 23.5 Å². The van der Waals surface area contributed by atoms with Crippen LogP contribution in [-0.4, -0.2) is 18.5 Å². The predicted octanol–water partition coefficient (Wildman–Crippen LogP) is 3.27. The fourth-order valence-electron chi connectivity index (χ4n) is 2.20. The molecule has 0 saturated heterocycles. The number of amides is 1. The molecule has 0 radical (unpaired) electrons. The second-order valence-electron chi connectivity index (χ2n) is 5.07. The minimum absolute atomic E-state index is 0.00690. The molecular weight excluding hydrogens is 294 g/mol. The van der Waals surface area contributed by atoms with Crippen molar-refractivity contribution in [2.75, 3.05) is 12.1 Å². The lowest BCUT2D eigenvalue weighted by molar-refractivity contribution is -0.114. The van der Waals surface area contributed by atoms with E-state index in [0.717, 1.165) is 5.56 Å². The number of carbonyl (C=O) groups excluding carboxylic acids is 2. The van der Waals surface area contributed by atoms with Crippen LogP contribution in [0.2, 0.25) is 0 Å². The van der Waals surface area contributed by atoms with Crippen LogP contribution in [0.4, 0.5) is 5.69 Å². The van der Waals surface area contributed by atoms with Crippen LogP contribution in [0.25, 0.3) is 6.08 Å². The van der Waals surface area contributed by atoms with Gasteiger partial charge in [0.05, 0.1) is 5.69 Å². The van der Waals surface area contributed by atoms with Crippen molar-refractivity contribution in [1.29, 1.82) is 0 Å². The molecule has 23 heavy (non-hydrogen) atoms. The van der Waals surface area contributed by atoms with Crippen LogP contribution in [-0.2, 0) is 4.79 Å². The van der Waals surface area contributed by atoms with E-state index < -0.39 is 0 Å². The molecule has 2 aromatic carbocycles. The van der Waals surface area contributed by atoms with Crippen molar-refractivity contribution in [3.63, 3.8) is 0 Å². The Balaban J connectivity index is 1.98. The normalized spacial score (nSPS) is 13.2. The molecule has 0 saturated carbocycles.